The van der Waals surface area contributed by atoms with Gasteiger partial charge in [0.05, 0.1) is 49.8 Å². The summed E-state index contributed by atoms with van der Waals surface area (Å²) in [4.78, 5) is 4.52. The molecule has 0 N–H and O–H groups in total. The molecule has 0 bridgehead atoms. The van der Waals surface area contributed by atoms with Gasteiger partial charge in [0.2, 0.25) is 0 Å². The highest BCUT2D eigenvalue weighted by Crippen LogP contribution is 2.42. The van der Waals surface area contributed by atoms with Crippen LogP contribution in [0.25, 0.3) is 177 Å². The second-order valence-electron chi connectivity index (χ2n) is 25.5. The second-order valence-corrected chi connectivity index (χ2v) is 25.5. The average molecular weight is 1250 g/mol. The highest BCUT2D eigenvalue weighted by molar-refractivity contribution is 6.14. The maximum atomic E-state index is 4.52. The zero-order chi connectivity index (χ0) is 64.6. The number of nitrogens with zero attached hydrogens (tertiary/aromatic N) is 5. The largest absolute Gasteiger partial charge is 0.309 e. The van der Waals surface area contributed by atoms with Crippen LogP contribution in [0.5, 0.6) is 0 Å². The molecular formula is C93H61N5. The molecule has 0 aliphatic carbocycles. The molecule has 5 aromatic heterocycles. The van der Waals surface area contributed by atoms with Crippen molar-refractivity contribution in [2.24, 2.45) is 0 Å². The van der Waals surface area contributed by atoms with Crippen LogP contribution in [0.15, 0.2) is 370 Å². The summed E-state index contributed by atoms with van der Waals surface area (Å²) in [6, 6.07) is 132. The van der Waals surface area contributed by atoms with Crippen molar-refractivity contribution in [3.8, 4) is 78.5 Å². The van der Waals surface area contributed by atoms with E-state index in [1.165, 1.54) is 154 Å². The summed E-state index contributed by atoms with van der Waals surface area (Å²) in [5, 5.41) is 12.6. The van der Waals surface area contributed by atoms with E-state index < -0.39 is 0 Å². The van der Waals surface area contributed by atoms with Gasteiger partial charge >= 0.3 is 0 Å². The van der Waals surface area contributed by atoms with Gasteiger partial charge in [0.1, 0.15) is 0 Å². The lowest BCUT2D eigenvalue weighted by Crippen LogP contribution is -1.94. The lowest BCUT2D eigenvalue weighted by Gasteiger charge is -2.11. The van der Waals surface area contributed by atoms with Gasteiger partial charge in [0.25, 0.3) is 0 Å². The van der Waals surface area contributed by atoms with Crippen LogP contribution in [0, 0.1) is 0 Å². The van der Waals surface area contributed by atoms with E-state index >= 15 is 0 Å². The second kappa shape index (κ2) is 23.4. The number of hydrogen-bond acceptors (Lipinski definition) is 1. The molecular weight excluding hydrogens is 1190 g/mol. The van der Waals surface area contributed by atoms with Crippen LogP contribution in [0.3, 0.4) is 0 Å². The van der Waals surface area contributed by atoms with Crippen molar-refractivity contribution in [1.29, 1.82) is 0 Å². The van der Waals surface area contributed by atoms with Crippen LogP contribution in [-0.4, -0.2) is 23.3 Å². The molecule has 15 aromatic carbocycles. The van der Waals surface area contributed by atoms with Gasteiger partial charge in [-0.3, -0.25) is 4.98 Å². The van der Waals surface area contributed by atoms with E-state index in [1.54, 1.807) is 0 Å². The Morgan fingerprint density at radius 1 is 0.163 bits per heavy atom. The summed E-state index contributed by atoms with van der Waals surface area (Å²) in [5.74, 6) is 0. The maximum Gasteiger partial charge on any atom is 0.0701 e. The van der Waals surface area contributed by atoms with Gasteiger partial charge in [-0.2, -0.15) is 0 Å². The van der Waals surface area contributed by atoms with Gasteiger partial charge in [-0.05, 0) is 195 Å². The number of aromatic nitrogens is 5. The van der Waals surface area contributed by atoms with Gasteiger partial charge in [-0.15, -0.1) is 0 Å². The normalized spacial score (nSPS) is 11.7. The van der Waals surface area contributed by atoms with Gasteiger partial charge in [-0.1, -0.05) is 224 Å². The minimum atomic E-state index is 0.981. The Morgan fingerprint density at radius 2 is 0.439 bits per heavy atom. The molecule has 0 spiro atoms. The Hall–Kier alpha value is -13.1. The summed E-state index contributed by atoms with van der Waals surface area (Å²) in [6.45, 7) is 0. The molecule has 20 rings (SSSR count). The minimum Gasteiger partial charge on any atom is -0.309 e. The molecule has 20 aromatic rings. The van der Waals surface area contributed by atoms with Crippen molar-refractivity contribution < 1.29 is 0 Å². The predicted octanol–water partition coefficient (Wildman–Crippen LogP) is 24.6. The van der Waals surface area contributed by atoms with Crippen molar-refractivity contribution >= 4 is 98.0 Å². The molecule has 458 valence electrons. The van der Waals surface area contributed by atoms with E-state index in [1.807, 2.05) is 24.4 Å². The summed E-state index contributed by atoms with van der Waals surface area (Å²) >= 11 is 0. The third-order valence-corrected chi connectivity index (χ3v) is 19.9. The SMILES string of the molecule is c1ccc(-n2c3ccccc3c3cc(-c4ccc(-c5ccc6c(c5)c5ccccc5n6-c5ccc(-c6ccc7ccccc7c6)cc5)cc4)ccc32)cc1.c1ccc(-n2c3ccccc3c3cc(-c4ccc5c(c4)c4ccccc4n5-c4ccc(-c5ccccn5)cc4)ccc32)cc1. The predicted molar refractivity (Wildman–Crippen MR) is 413 cm³/mol. The number of rotatable bonds is 9. The zero-order valence-corrected chi connectivity index (χ0v) is 53.5. The number of para-hydroxylation sites is 6. The first-order valence-corrected chi connectivity index (χ1v) is 33.6. The zero-order valence-electron chi connectivity index (χ0n) is 53.5. The Morgan fingerprint density at radius 3 is 0.827 bits per heavy atom. The Labute approximate surface area is 566 Å². The first-order valence-electron chi connectivity index (χ1n) is 33.6. The highest BCUT2D eigenvalue weighted by Gasteiger charge is 2.19. The monoisotopic (exact) mass is 1250 g/mol. The molecule has 5 heteroatoms. The molecule has 0 unspecified atom stereocenters. The van der Waals surface area contributed by atoms with Crippen molar-refractivity contribution in [1.82, 2.24) is 23.3 Å². The number of hydrogen-bond donors (Lipinski definition) is 0. The molecule has 0 aliphatic rings. The van der Waals surface area contributed by atoms with Crippen LogP contribution in [0.2, 0.25) is 0 Å². The van der Waals surface area contributed by atoms with Crippen molar-refractivity contribution in [2.75, 3.05) is 0 Å². The highest BCUT2D eigenvalue weighted by atomic mass is 15.0. The van der Waals surface area contributed by atoms with E-state index in [9.17, 15) is 0 Å². The fourth-order valence-corrected chi connectivity index (χ4v) is 15.2. The smallest absolute Gasteiger partial charge is 0.0701 e. The van der Waals surface area contributed by atoms with Crippen molar-refractivity contribution in [3.63, 3.8) is 0 Å². The first kappa shape index (κ1) is 56.5. The van der Waals surface area contributed by atoms with E-state index in [2.05, 4.69) is 369 Å². The van der Waals surface area contributed by atoms with Gasteiger partial charge < -0.3 is 18.3 Å². The average Bonchev–Trinajstić information content (AvgIpc) is 1.59. The molecule has 0 saturated carbocycles. The summed E-state index contributed by atoms with van der Waals surface area (Å²) in [5.41, 5.74) is 26.2. The molecule has 0 atom stereocenters. The Kier molecular flexibility index (Phi) is 13.5. The van der Waals surface area contributed by atoms with E-state index in [-0.39, 0.29) is 0 Å². The summed E-state index contributed by atoms with van der Waals surface area (Å²) in [7, 11) is 0. The van der Waals surface area contributed by atoms with E-state index in [4.69, 9.17) is 0 Å². The minimum absolute atomic E-state index is 0.981. The lowest BCUT2D eigenvalue weighted by molar-refractivity contribution is 1.18. The standard InChI is InChI=1S/C52H34N2.C41H27N3/c1-2-12-43(13-3-1)53-49-16-8-6-14-45(49)47-33-41(26-30-51(47)53)36-18-20-37(21-19-36)42-27-31-52-48(34-42)46-15-7-9-17-50(46)54(52)44-28-24-38(25-29-44)40-23-22-35-10-4-5-11-39(35)32-40;1-2-10-31(11-3-1)43-38-15-6-4-12-33(38)35-26-29(19-23-40(35)43)30-20-24-41-36(27-30)34-13-5-7-16-39(34)44(41)32-21-17-28(18-22-32)37-14-8-9-25-42-37/h1-34H;1-27H. The molecule has 0 saturated heterocycles. The molecule has 0 amide bonds. The molecule has 0 radical (unpaired) electrons. The van der Waals surface area contributed by atoms with Crippen molar-refractivity contribution in [2.45, 2.75) is 0 Å². The van der Waals surface area contributed by atoms with Crippen molar-refractivity contribution in [3.05, 3.63) is 370 Å². The van der Waals surface area contributed by atoms with Crippen LogP contribution < -0.4 is 0 Å². The number of pyridine rings is 1. The van der Waals surface area contributed by atoms with Gasteiger partial charge in [0.15, 0.2) is 0 Å². The lowest BCUT2D eigenvalue weighted by atomic mass is 9.98. The number of benzene rings is 15. The number of fused-ring (bicyclic) bond motifs is 13. The van der Waals surface area contributed by atoms with E-state index in [0.717, 1.165) is 22.6 Å². The molecule has 0 aliphatic heterocycles. The van der Waals surface area contributed by atoms with Gasteiger partial charge in [0, 0.05) is 77.6 Å². The van der Waals surface area contributed by atoms with Gasteiger partial charge in [-0.25, -0.2) is 0 Å². The maximum absolute atomic E-state index is 4.52. The Balaban J connectivity index is 0.000000140. The summed E-state index contributed by atoms with van der Waals surface area (Å²) < 4.78 is 9.50. The summed E-state index contributed by atoms with van der Waals surface area (Å²) in [6.07, 6.45) is 1.84. The van der Waals surface area contributed by atoms with Crippen LogP contribution in [0.1, 0.15) is 0 Å². The molecule has 98 heavy (non-hydrogen) atoms. The van der Waals surface area contributed by atoms with Crippen LogP contribution >= 0.6 is 0 Å². The molecule has 0 fully saturated rings. The fourth-order valence-electron chi connectivity index (χ4n) is 15.2. The molecule has 5 nitrogen and oxygen atoms in total. The topological polar surface area (TPSA) is 32.6 Å². The fraction of sp³-hybridized carbons (Fsp3) is 0. The van der Waals surface area contributed by atoms with Crippen LogP contribution in [0.4, 0.5) is 0 Å². The van der Waals surface area contributed by atoms with E-state index in [0.29, 0.717) is 0 Å². The third kappa shape index (κ3) is 9.58. The first-order chi connectivity index (χ1) is 48.6. The third-order valence-electron chi connectivity index (χ3n) is 19.9. The Bertz CT molecular complexity index is 6430. The quantitative estimate of drug-likeness (QED) is 0.142. The van der Waals surface area contributed by atoms with Crippen LogP contribution in [-0.2, 0) is 0 Å². The molecule has 5 heterocycles.